The highest BCUT2D eigenvalue weighted by molar-refractivity contribution is 5.69. The number of imidazole rings is 1. The van der Waals surface area contributed by atoms with Gasteiger partial charge in [-0.15, -0.1) is 0 Å². The molecule has 0 aliphatic heterocycles. The second-order valence-corrected chi connectivity index (χ2v) is 3.73. The Balaban J connectivity index is 2.39. The van der Waals surface area contributed by atoms with Crippen LogP contribution in [-0.2, 0) is 17.4 Å². The van der Waals surface area contributed by atoms with Crippen LogP contribution in [0.2, 0.25) is 0 Å². The van der Waals surface area contributed by atoms with Gasteiger partial charge in [0.05, 0.1) is 6.20 Å². The first-order chi connectivity index (χ1) is 7.39. The van der Waals surface area contributed by atoms with Crippen LogP contribution in [0, 0.1) is 0 Å². The summed E-state index contributed by atoms with van der Waals surface area (Å²) in [5, 5.41) is 8.57. The number of aliphatic carboxylic acids is 1. The third-order valence-electron chi connectivity index (χ3n) is 2.39. The normalized spacial score (nSPS) is 16.4. The third kappa shape index (κ3) is 2.02. The minimum Gasteiger partial charge on any atom is -0.481 e. The van der Waals surface area contributed by atoms with Gasteiger partial charge < -0.3 is 9.67 Å². The van der Waals surface area contributed by atoms with Crippen LogP contribution in [-0.4, -0.2) is 20.6 Å². The van der Waals surface area contributed by atoms with Gasteiger partial charge in [0.15, 0.2) is 0 Å². The number of alkyl halides is 3. The van der Waals surface area contributed by atoms with E-state index >= 15 is 0 Å². The van der Waals surface area contributed by atoms with Crippen LogP contribution in [0.15, 0.2) is 6.20 Å². The van der Waals surface area contributed by atoms with Crippen molar-refractivity contribution in [2.24, 2.45) is 0 Å². The lowest BCUT2D eigenvalue weighted by molar-refractivity contribution is -0.144. The second kappa shape index (κ2) is 3.50. The molecule has 0 amide bonds. The van der Waals surface area contributed by atoms with E-state index in [2.05, 4.69) is 4.98 Å². The van der Waals surface area contributed by atoms with Gasteiger partial charge in [0.2, 0.25) is 0 Å². The third-order valence-corrected chi connectivity index (χ3v) is 2.39. The summed E-state index contributed by atoms with van der Waals surface area (Å²) in [7, 11) is 0. The van der Waals surface area contributed by atoms with Crippen LogP contribution in [0.5, 0.6) is 0 Å². The smallest absolute Gasteiger partial charge is 0.433 e. The number of hydrogen-bond donors (Lipinski definition) is 1. The Kier molecular flexibility index (Phi) is 2.40. The summed E-state index contributed by atoms with van der Waals surface area (Å²) in [6.45, 7) is 0. The van der Waals surface area contributed by atoms with Crippen molar-refractivity contribution >= 4 is 5.97 Å². The van der Waals surface area contributed by atoms with E-state index in [4.69, 9.17) is 5.11 Å². The molecular weight excluding hydrogens is 225 g/mol. The first-order valence-electron chi connectivity index (χ1n) is 4.74. The number of carbonyl (C=O) groups is 1. The first kappa shape index (κ1) is 11.0. The zero-order valence-corrected chi connectivity index (χ0v) is 8.16. The molecule has 7 heteroatoms. The number of aromatic nitrogens is 2. The van der Waals surface area contributed by atoms with Crippen molar-refractivity contribution < 1.29 is 23.1 Å². The fourth-order valence-electron chi connectivity index (χ4n) is 1.62. The summed E-state index contributed by atoms with van der Waals surface area (Å²) in [5.41, 5.74) is -0.855. The number of nitrogens with zero attached hydrogens (tertiary/aromatic N) is 2. The average Bonchev–Trinajstić information content (AvgIpc) is 2.86. The van der Waals surface area contributed by atoms with Crippen molar-refractivity contribution in [2.45, 2.75) is 31.5 Å². The highest BCUT2D eigenvalue weighted by Crippen LogP contribution is 2.41. The van der Waals surface area contributed by atoms with Crippen molar-refractivity contribution in [1.82, 2.24) is 9.55 Å². The van der Waals surface area contributed by atoms with E-state index in [-0.39, 0.29) is 11.9 Å². The number of halogens is 3. The SMILES string of the molecule is O=C(O)Cc1ncc(C(F)(F)F)n1C1CC1. The maximum Gasteiger partial charge on any atom is 0.433 e. The van der Waals surface area contributed by atoms with Gasteiger partial charge in [-0.2, -0.15) is 13.2 Å². The highest BCUT2D eigenvalue weighted by Gasteiger charge is 2.40. The Morgan fingerprint density at radius 1 is 1.56 bits per heavy atom. The molecule has 0 bridgehead atoms. The van der Waals surface area contributed by atoms with Crippen molar-refractivity contribution in [1.29, 1.82) is 0 Å². The molecule has 1 aliphatic carbocycles. The zero-order chi connectivity index (χ0) is 11.9. The lowest BCUT2D eigenvalue weighted by atomic mass is 10.4. The molecule has 1 aromatic rings. The molecule has 2 rings (SSSR count). The van der Waals surface area contributed by atoms with Crippen molar-refractivity contribution in [3.63, 3.8) is 0 Å². The Hall–Kier alpha value is -1.53. The minimum atomic E-state index is -4.48. The van der Waals surface area contributed by atoms with Crippen molar-refractivity contribution in [3.8, 4) is 0 Å². The molecule has 1 aliphatic rings. The van der Waals surface area contributed by atoms with E-state index in [9.17, 15) is 18.0 Å². The van der Waals surface area contributed by atoms with Gasteiger partial charge in [-0.25, -0.2) is 4.98 Å². The molecule has 0 radical (unpaired) electrons. The average molecular weight is 234 g/mol. The molecule has 1 saturated carbocycles. The van der Waals surface area contributed by atoms with E-state index in [1.807, 2.05) is 0 Å². The molecule has 16 heavy (non-hydrogen) atoms. The second-order valence-electron chi connectivity index (χ2n) is 3.73. The van der Waals surface area contributed by atoms with Crippen molar-refractivity contribution in [2.75, 3.05) is 0 Å². The quantitative estimate of drug-likeness (QED) is 0.868. The molecule has 0 atom stereocenters. The lowest BCUT2D eigenvalue weighted by Crippen LogP contribution is -2.16. The van der Waals surface area contributed by atoms with E-state index < -0.39 is 24.3 Å². The predicted octanol–water partition coefficient (Wildman–Crippen LogP) is 1.86. The zero-order valence-electron chi connectivity index (χ0n) is 8.16. The van der Waals surface area contributed by atoms with Crippen LogP contribution < -0.4 is 0 Å². The summed E-state index contributed by atoms with van der Waals surface area (Å²) >= 11 is 0. The number of hydrogen-bond acceptors (Lipinski definition) is 2. The fourth-order valence-corrected chi connectivity index (χ4v) is 1.62. The van der Waals surface area contributed by atoms with E-state index in [1.54, 1.807) is 0 Å². The topological polar surface area (TPSA) is 55.1 Å². The van der Waals surface area contributed by atoms with Crippen LogP contribution in [0.1, 0.15) is 30.4 Å². The van der Waals surface area contributed by atoms with Gasteiger partial charge in [0, 0.05) is 6.04 Å². The molecule has 1 fully saturated rings. The van der Waals surface area contributed by atoms with Crippen LogP contribution in [0.3, 0.4) is 0 Å². The molecule has 0 unspecified atom stereocenters. The van der Waals surface area contributed by atoms with E-state index in [0.717, 1.165) is 4.57 Å². The Morgan fingerprint density at radius 3 is 2.62 bits per heavy atom. The summed E-state index contributed by atoms with van der Waals surface area (Å²) in [6, 6.07) is -0.242. The molecule has 1 heterocycles. The largest absolute Gasteiger partial charge is 0.481 e. The summed E-state index contributed by atoms with van der Waals surface area (Å²) in [6.07, 6.45) is -2.96. The van der Waals surface area contributed by atoms with Crippen molar-refractivity contribution in [3.05, 3.63) is 17.7 Å². The Bertz CT molecular complexity index is 421. The van der Waals surface area contributed by atoms with Crippen LogP contribution in [0.4, 0.5) is 13.2 Å². The maximum atomic E-state index is 12.6. The van der Waals surface area contributed by atoms with Gasteiger partial charge in [-0.3, -0.25) is 4.79 Å². The van der Waals surface area contributed by atoms with Crippen LogP contribution in [0.25, 0.3) is 0 Å². The summed E-state index contributed by atoms with van der Waals surface area (Å²) in [5.74, 6) is -1.21. The first-order valence-corrected chi connectivity index (χ1v) is 4.74. The number of carboxylic acids is 1. The van der Waals surface area contributed by atoms with Gasteiger partial charge >= 0.3 is 12.1 Å². The van der Waals surface area contributed by atoms with Gasteiger partial charge in [0.1, 0.15) is 17.9 Å². The fraction of sp³-hybridized carbons (Fsp3) is 0.556. The standard InChI is InChI=1S/C9H9F3N2O2/c10-9(11,12)6-4-13-7(3-8(15)16)14(6)5-1-2-5/h4-5H,1-3H2,(H,15,16). The van der Waals surface area contributed by atoms with Crippen LogP contribution >= 0.6 is 0 Å². The molecule has 4 nitrogen and oxygen atoms in total. The molecule has 0 spiro atoms. The lowest BCUT2D eigenvalue weighted by Gasteiger charge is -2.12. The molecule has 0 aromatic carbocycles. The number of rotatable bonds is 3. The Morgan fingerprint density at radius 2 is 2.19 bits per heavy atom. The summed E-state index contributed by atoms with van der Waals surface area (Å²) in [4.78, 5) is 14.0. The predicted molar refractivity (Wildman–Crippen MR) is 46.8 cm³/mol. The van der Waals surface area contributed by atoms with E-state index in [0.29, 0.717) is 19.0 Å². The summed E-state index contributed by atoms with van der Waals surface area (Å²) < 4.78 is 38.7. The minimum absolute atomic E-state index is 0.0256. The molecule has 1 aromatic heterocycles. The van der Waals surface area contributed by atoms with Gasteiger partial charge in [-0.05, 0) is 12.8 Å². The van der Waals surface area contributed by atoms with Gasteiger partial charge in [0.25, 0.3) is 0 Å². The Labute approximate surface area is 88.7 Å². The van der Waals surface area contributed by atoms with E-state index in [1.165, 1.54) is 0 Å². The molecule has 0 saturated heterocycles. The molecule has 88 valence electrons. The highest BCUT2D eigenvalue weighted by atomic mass is 19.4. The maximum absolute atomic E-state index is 12.6. The molecular formula is C9H9F3N2O2. The van der Waals surface area contributed by atoms with Gasteiger partial charge in [-0.1, -0.05) is 0 Å². The number of carboxylic acid groups (broad SMARTS) is 1. The monoisotopic (exact) mass is 234 g/mol. The molecule has 1 N–H and O–H groups in total.